The van der Waals surface area contributed by atoms with Crippen LogP contribution in [0, 0.1) is 0 Å². The fraction of sp³-hybridized carbons (Fsp3) is 0.500. The van der Waals surface area contributed by atoms with E-state index in [-0.39, 0.29) is 5.91 Å². The topological polar surface area (TPSA) is 63.2 Å². The number of rotatable bonds is 6. The highest BCUT2D eigenvalue weighted by Crippen LogP contribution is 2.07. The highest BCUT2D eigenvalue weighted by atomic mass is 16.5. The molecule has 0 aliphatic heterocycles. The van der Waals surface area contributed by atoms with E-state index in [2.05, 4.69) is 15.6 Å². The molecule has 0 unspecified atom stereocenters. The Bertz CT molecular complexity index is 367. The van der Waals surface area contributed by atoms with Gasteiger partial charge in [-0.3, -0.25) is 4.79 Å². The van der Waals surface area contributed by atoms with Gasteiger partial charge in [-0.1, -0.05) is 13.8 Å². The largest absolute Gasteiger partial charge is 0.481 e. The van der Waals surface area contributed by atoms with E-state index in [1.54, 1.807) is 19.4 Å². The van der Waals surface area contributed by atoms with Crippen molar-refractivity contribution in [1.29, 1.82) is 0 Å². The summed E-state index contributed by atoms with van der Waals surface area (Å²) in [6, 6.07) is 3.95. The van der Waals surface area contributed by atoms with E-state index in [4.69, 9.17) is 4.74 Å². The molecular formula is C12H19N3O2. The summed E-state index contributed by atoms with van der Waals surface area (Å²) >= 11 is 0. The van der Waals surface area contributed by atoms with Gasteiger partial charge < -0.3 is 15.4 Å². The number of nitrogens with zero attached hydrogens (tertiary/aromatic N) is 1. The Hall–Kier alpha value is -1.62. The molecule has 0 atom stereocenters. The van der Waals surface area contributed by atoms with E-state index in [9.17, 15) is 4.79 Å². The van der Waals surface area contributed by atoms with Crippen LogP contribution in [0.25, 0.3) is 0 Å². The van der Waals surface area contributed by atoms with E-state index in [0.717, 1.165) is 5.56 Å². The second-order valence-electron chi connectivity index (χ2n) is 4.02. The van der Waals surface area contributed by atoms with Crippen molar-refractivity contribution < 1.29 is 9.53 Å². The summed E-state index contributed by atoms with van der Waals surface area (Å²) in [6.07, 6.45) is 1.66. The lowest BCUT2D eigenvalue weighted by Crippen LogP contribution is -2.36. The second kappa shape index (κ2) is 6.85. The van der Waals surface area contributed by atoms with Gasteiger partial charge in [-0.05, 0) is 11.6 Å². The molecular weight excluding hydrogens is 218 g/mol. The van der Waals surface area contributed by atoms with E-state index >= 15 is 0 Å². The third-order valence-electron chi connectivity index (χ3n) is 2.17. The van der Waals surface area contributed by atoms with Gasteiger partial charge in [0, 0.05) is 24.8 Å². The van der Waals surface area contributed by atoms with Crippen molar-refractivity contribution in [1.82, 2.24) is 15.6 Å². The molecule has 5 nitrogen and oxygen atoms in total. The normalized spacial score (nSPS) is 10.4. The Kier molecular flexibility index (Phi) is 5.42. The zero-order chi connectivity index (χ0) is 12.7. The maximum atomic E-state index is 11.5. The van der Waals surface area contributed by atoms with Crippen LogP contribution in [0.4, 0.5) is 0 Å². The van der Waals surface area contributed by atoms with Crippen LogP contribution in [0.2, 0.25) is 0 Å². The SMILES string of the molecule is COc1cc(CNC(=O)CNC(C)C)ccn1. The molecule has 0 aromatic carbocycles. The number of aromatic nitrogens is 1. The third-order valence-corrected chi connectivity index (χ3v) is 2.17. The van der Waals surface area contributed by atoms with E-state index in [1.165, 1.54) is 0 Å². The van der Waals surface area contributed by atoms with E-state index < -0.39 is 0 Å². The molecule has 1 rings (SSSR count). The molecule has 2 N–H and O–H groups in total. The van der Waals surface area contributed by atoms with Gasteiger partial charge in [0.25, 0.3) is 0 Å². The van der Waals surface area contributed by atoms with Crippen molar-refractivity contribution >= 4 is 5.91 Å². The molecule has 17 heavy (non-hydrogen) atoms. The lowest BCUT2D eigenvalue weighted by molar-refractivity contribution is -0.120. The Morgan fingerprint density at radius 3 is 2.94 bits per heavy atom. The molecule has 0 saturated heterocycles. The number of ether oxygens (including phenoxy) is 1. The third kappa shape index (κ3) is 5.31. The van der Waals surface area contributed by atoms with Crippen LogP contribution in [-0.4, -0.2) is 30.6 Å². The molecule has 0 fully saturated rings. The summed E-state index contributed by atoms with van der Waals surface area (Å²) in [5.74, 6) is 0.534. The Labute approximate surface area is 102 Å². The molecule has 1 aromatic rings. The standard InChI is InChI=1S/C12H19N3O2/c1-9(2)14-8-11(16)15-7-10-4-5-13-12(6-10)17-3/h4-6,9,14H,7-8H2,1-3H3,(H,15,16). The highest BCUT2D eigenvalue weighted by molar-refractivity contribution is 5.77. The van der Waals surface area contributed by atoms with Crippen molar-refractivity contribution in [3.63, 3.8) is 0 Å². The molecule has 0 aliphatic carbocycles. The number of hydrogen-bond donors (Lipinski definition) is 2. The number of pyridine rings is 1. The number of carbonyl (C=O) groups is 1. The molecule has 0 spiro atoms. The monoisotopic (exact) mass is 237 g/mol. The number of hydrogen-bond acceptors (Lipinski definition) is 4. The molecule has 94 valence electrons. The summed E-state index contributed by atoms with van der Waals surface area (Å²) < 4.78 is 5.00. The average molecular weight is 237 g/mol. The molecule has 0 radical (unpaired) electrons. The predicted molar refractivity (Wildman–Crippen MR) is 65.8 cm³/mol. The fourth-order valence-corrected chi connectivity index (χ4v) is 1.23. The first-order valence-electron chi connectivity index (χ1n) is 5.61. The minimum Gasteiger partial charge on any atom is -0.481 e. The number of methoxy groups -OCH3 is 1. The van der Waals surface area contributed by atoms with Crippen molar-refractivity contribution in [2.75, 3.05) is 13.7 Å². The van der Waals surface area contributed by atoms with Crippen LogP contribution >= 0.6 is 0 Å². The molecule has 5 heteroatoms. The van der Waals surface area contributed by atoms with Crippen LogP contribution in [0.5, 0.6) is 5.88 Å². The van der Waals surface area contributed by atoms with Gasteiger partial charge >= 0.3 is 0 Å². The van der Waals surface area contributed by atoms with Gasteiger partial charge in [0.15, 0.2) is 0 Å². The van der Waals surface area contributed by atoms with Gasteiger partial charge in [0.1, 0.15) is 0 Å². The molecule has 0 saturated carbocycles. The molecule has 1 amide bonds. The zero-order valence-electron chi connectivity index (χ0n) is 10.5. The summed E-state index contributed by atoms with van der Waals surface area (Å²) in [5, 5.41) is 5.88. The van der Waals surface area contributed by atoms with Crippen LogP contribution < -0.4 is 15.4 Å². The Morgan fingerprint density at radius 1 is 1.53 bits per heavy atom. The minimum absolute atomic E-state index is 0.0190. The molecule has 1 aromatic heterocycles. The van der Waals surface area contributed by atoms with Gasteiger partial charge in [-0.25, -0.2) is 4.98 Å². The second-order valence-corrected chi connectivity index (χ2v) is 4.02. The highest BCUT2D eigenvalue weighted by Gasteiger charge is 2.02. The van der Waals surface area contributed by atoms with Crippen LogP contribution in [0.3, 0.4) is 0 Å². The van der Waals surface area contributed by atoms with Crippen molar-refractivity contribution in [2.24, 2.45) is 0 Å². The molecule has 0 bridgehead atoms. The van der Waals surface area contributed by atoms with Crippen molar-refractivity contribution in [2.45, 2.75) is 26.4 Å². The number of amides is 1. The Balaban J connectivity index is 2.36. The number of carbonyl (C=O) groups excluding carboxylic acids is 1. The zero-order valence-corrected chi connectivity index (χ0v) is 10.5. The van der Waals surface area contributed by atoms with Crippen LogP contribution in [0.15, 0.2) is 18.3 Å². The van der Waals surface area contributed by atoms with E-state index in [0.29, 0.717) is 25.0 Å². The lowest BCUT2D eigenvalue weighted by atomic mass is 10.2. The van der Waals surface area contributed by atoms with Crippen LogP contribution in [0.1, 0.15) is 19.4 Å². The Morgan fingerprint density at radius 2 is 2.29 bits per heavy atom. The van der Waals surface area contributed by atoms with Gasteiger partial charge in [0.05, 0.1) is 13.7 Å². The first-order valence-corrected chi connectivity index (χ1v) is 5.61. The number of nitrogens with one attached hydrogen (secondary N) is 2. The first-order chi connectivity index (χ1) is 8.11. The van der Waals surface area contributed by atoms with Gasteiger partial charge in [-0.2, -0.15) is 0 Å². The fourth-order valence-electron chi connectivity index (χ4n) is 1.23. The average Bonchev–Trinajstić information content (AvgIpc) is 2.34. The van der Waals surface area contributed by atoms with E-state index in [1.807, 2.05) is 19.9 Å². The first kappa shape index (κ1) is 13.4. The summed E-state index contributed by atoms with van der Waals surface area (Å²) in [5.41, 5.74) is 0.967. The summed E-state index contributed by atoms with van der Waals surface area (Å²) in [4.78, 5) is 15.5. The maximum Gasteiger partial charge on any atom is 0.234 e. The summed E-state index contributed by atoms with van der Waals surface area (Å²) in [7, 11) is 1.57. The van der Waals surface area contributed by atoms with Crippen molar-refractivity contribution in [3.05, 3.63) is 23.9 Å². The molecule has 1 heterocycles. The minimum atomic E-state index is -0.0190. The lowest BCUT2D eigenvalue weighted by Gasteiger charge is -2.09. The molecule has 0 aliphatic rings. The predicted octanol–water partition coefficient (Wildman–Crippen LogP) is 0.704. The smallest absolute Gasteiger partial charge is 0.234 e. The maximum absolute atomic E-state index is 11.5. The van der Waals surface area contributed by atoms with Gasteiger partial charge in [-0.15, -0.1) is 0 Å². The van der Waals surface area contributed by atoms with Crippen LogP contribution in [-0.2, 0) is 11.3 Å². The van der Waals surface area contributed by atoms with Crippen molar-refractivity contribution in [3.8, 4) is 5.88 Å². The summed E-state index contributed by atoms with van der Waals surface area (Å²) in [6.45, 7) is 4.82. The van der Waals surface area contributed by atoms with Gasteiger partial charge in [0.2, 0.25) is 11.8 Å². The quantitative estimate of drug-likeness (QED) is 0.764.